The predicted molar refractivity (Wildman–Crippen MR) is 86.0 cm³/mol. The average molecular weight is 301 g/mol. The highest BCUT2D eigenvalue weighted by molar-refractivity contribution is 7.99. The van der Waals surface area contributed by atoms with E-state index in [0.29, 0.717) is 12.4 Å². The van der Waals surface area contributed by atoms with Crippen LogP contribution in [0.2, 0.25) is 0 Å². The molecule has 0 fully saturated rings. The maximum atomic E-state index is 11.7. The van der Waals surface area contributed by atoms with E-state index < -0.39 is 0 Å². The van der Waals surface area contributed by atoms with Gasteiger partial charge in [0.15, 0.2) is 0 Å². The van der Waals surface area contributed by atoms with Crippen LogP contribution in [0.4, 0.5) is 0 Å². The lowest BCUT2D eigenvalue weighted by Gasteiger charge is -2.11. The van der Waals surface area contributed by atoms with Crippen LogP contribution in [0.1, 0.15) is 12.0 Å². The van der Waals surface area contributed by atoms with Gasteiger partial charge in [0.2, 0.25) is 0 Å². The highest BCUT2D eigenvalue weighted by Crippen LogP contribution is 2.18. The fraction of sp³-hybridized carbons (Fsp3) is 0.235. The Morgan fingerprint density at radius 2 is 1.67 bits per heavy atom. The van der Waals surface area contributed by atoms with Crippen molar-refractivity contribution in [3.05, 3.63) is 66.2 Å². The van der Waals surface area contributed by atoms with E-state index in [1.54, 1.807) is 11.8 Å². The van der Waals surface area contributed by atoms with Crippen LogP contribution in [0, 0.1) is 0 Å². The number of thioether (sulfide) groups is 1. The first-order valence-electron chi connectivity index (χ1n) is 6.87. The maximum absolute atomic E-state index is 11.7. The lowest BCUT2D eigenvalue weighted by atomic mass is 10.2. The summed E-state index contributed by atoms with van der Waals surface area (Å²) in [7, 11) is 0. The van der Waals surface area contributed by atoms with Crippen LogP contribution < -0.4 is 5.73 Å². The Labute approximate surface area is 129 Å². The van der Waals surface area contributed by atoms with Gasteiger partial charge in [-0.1, -0.05) is 48.5 Å². The molecule has 0 unspecified atom stereocenters. The molecule has 0 heterocycles. The fourth-order valence-corrected chi connectivity index (χ4v) is 2.66. The number of carbonyl (C=O) groups is 1. The van der Waals surface area contributed by atoms with Gasteiger partial charge in [-0.15, -0.1) is 11.8 Å². The Morgan fingerprint density at radius 1 is 1.05 bits per heavy atom. The van der Waals surface area contributed by atoms with Crippen LogP contribution in [0.15, 0.2) is 65.6 Å². The molecule has 0 amide bonds. The zero-order valence-electron chi connectivity index (χ0n) is 11.8. The standard InChI is InChI=1S/C17H19NO2S/c18-15(13-21-16-9-5-2-6-10-16)11-17(19)20-12-14-7-3-1-4-8-14/h1-10,15H,11-13,18H2/t15-/m1/s1. The summed E-state index contributed by atoms with van der Waals surface area (Å²) in [6.07, 6.45) is 0.243. The van der Waals surface area contributed by atoms with Crippen molar-refractivity contribution in [2.75, 3.05) is 5.75 Å². The van der Waals surface area contributed by atoms with Gasteiger partial charge in [0.25, 0.3) is 0 Å². The molecular weight excluding hydrogens is 282 g/mol. The molecule has 2 aromatic carbocycles. The molecule has 0 spiro atoms. The lowest BCUT2D eigenvalue weighted by Crippen LogP contribution is -2.27. The third-order valence-corrected chi connectivity index (χ3v) is 4.08. The Kier molecular flexibility index (Phi) is 6.31. The van der Waals surface area contributed by atoms with Gasteiger partial charge in [0, 0.05) is 16.7 Å². The molecule has 1 atom stereocenters. The number of ether oxygens (including phenoxy) is 1. The van der Waals surface area contributed by atoms with Crippen molar-refractivity contribution < 1.29 is 9.53 Å². The molecule has 21 heavy (non-hydrogen) atoms. The molecule has 3 nitrogen and oxygen atoms in total. The first-order valence-corrected chi connectivity index (χ1v) is 7.85. The highest BCUT2D eigenvalue weighted by atomic mass is 32.2. The van der Waals surface area contributed by atoms with E-state index in [-0.39, 0.29) is 18.4 Å². The topological polar surface area (TPSA) is 52.3 Å². The molecule has 0 radical (unpaired) electrons. The van der Waals surface area contributed by atoms with Crippen LogP contribution in [0.5, 0.6) is 0 Å². The summed E-state index contributed by atoms with van der Waals surface area (Å²) in [4.78, 5) is 12.9. The number of esters is 1. The van der Waals surface area contributed by atoms with Crippen molar-refractivity contribution in [1.82, 2.24) is 0 Å². The summed E-state index contributed by atoms with van der Waals surface area (Å²) < 4.78 is 5.22. The molecule has 0 aliphatic heterocycles. The minimum atomic E-state index is -0.250. The van der Waals surface area contributed by atoms with Crippen LogP contribution in [0.25, 0.3) is 0 Å². The first-order chi connectivity index (χ1) is 10.2. The van der Waals surface area contributed by atoms with E-state index in [4.69, 9.17) is 10.5 Å². The molecule has 0 aliphatic carbocycles. The summed E-state index contributed by atoms with van der Waals surface area (Å²) in [5.41, 5.74) is 6.95. The minimum absolute atomic E-state index is 0.196. The van der Waals surface area contributed by atoms with E-state index in [1.165, 1.54) is 0 Å². The highest BCUT2D eigenvalue weighted by Gasteiger charge is 2.11. The van der Waals surface area contributed by atoms with E-state index >= 15 is 0 Å². The summed E-state index contributed by atoms with van der Waals surface area (Å²) in [6.45, 7) is 0.304. The summed E-state index contributed by atoms with van der Waals surface area (Å²) in [5.74, 6) is 0.449. The van der Waals surface area contributed by atoms with Gasteiger partial charge in [0.1, 0.15) is 6.61 Å². The molecule has 2 rings (SSSR count). The second kappa shape index (κ2) is 8.49. The smallest absolute Gasteiger partial charge is 0.307 e. The summed E-state index contributed by atoms with van der Waals surface area (Å²) >= 11 is 1.65. The van der Waals surface area contributed by atoms with Gasteiger partial charge >= 0.3 is 5.97 Å². The third kappa shape index (κ3) is 6.02. The number of carbonyl (C=O) groups excluding carboxylic acids is 1. The molecule has 0 bridgehead atoms. The van der Waals surface area contributed by atoms with E-state index in [9.17, 15) is 4.79 Å². The summed E-state index contributed by atoms with van der Waals surface area (Å²) in [5, 5.41) is 0. The van der Waals surface area contributed by atoms with E-state index in [1.807, 2.05) is 60.7 Å². The van der Waals surface area contributed by atoms with Gasteiger partial charge in [0.05, 0.1) is 6.42 Å². The largest absolute Gasteiger partial charge is 0.461 e. The van der Waals surface area contributed by atoms with Crippen molar-refractivity contribution in [3.8, 4) is 0 Å². The van der Waals surface area contributed by atoms with Crippen molar-refractivity contribution in [3.63, 3.8) is 0 Å². The van der Waals surface area contributed by atoms with Crippen molar-refractivity contribution in [2.45, 2.75) is 24.0 Å². The number of nitrogens with two attached hydrogens (primary N) is 1. The second-order valence-corrected chi connectivity index (χ2v) is 5.83. The van der Waals surface area contributed by atoms with Gasteiger partial charge in [-0.3, -0.25) is 4.79 Å². The molecule has 0 saturated carbocycles. The summed E-state index contributed by atoms with van der Waals surface area (Å²) in [6, 6.07) is 19.5. The van der Waals surface area contributed by atoms with Crippen LogP contribution in [0.3, 0.4) is 0 Å². The van der Waals surface area contributed by atoms with Crippen LogP contribution in [-0.4, -0.2) is 17.8 Å². The lowest BCUT2D eigenvalue weighted by molar-refractivity contribution is -0.145. The van der Waals surface area contributed by atoms with Gasteiger partial charge in [-0.2, -0.15) is 0 Å². The SMILES string of the molecule is N[C@@H](CSc1ccccc1)CC(=O)OCc1ccccc1. The average Bonchev–Trinajstić information content (AvgIpc) is 2.53. The first kappa shape index (κ1) is 15.6. The van der Waals surface area contributed by atoms with E-state index in [2.05, 4.69) is 0 Å². The Balaban J connectivity index is 1.67. The monoisotopic (exact) mass is 301 g/mol. The normalized spacial score (nSPS) is 11.9. The van der Waals surface area contributed by atoms with Crippen LogP contribution in [-0.2, 0) is 16.1 Å². The quantitative estimate of drug-likeness (QED) is 0.630. The Bertz CT molecular complexity index is 545. The second-order valence-electron chi connectivity index (χ2n) is 4.73. The van der Waals surface area contributed by atoms with Crippen molar-refractivity contribution in [1.29, 1.82) is 0 Å². The molecule has 0 aromatic heterocycles. The molecule has 0 aliphatic rings. The Morgan fingerprint density at radius 3 is 2.33 bits per heavy atom. The Hall–Kier alpha value is -1.78. The molecule has 0 saturated heterocycles. The predicted octanol–water partition coefficient (Wildman–Crippen LogP) is 3.24. The van der Waals surface area contributed by atoms with Gasteiger partial charge < -0.3 is 10.5 Å². The molecular formula is C17H19NO2S. The van der Waals surface area contributed by atoms with Crippen LogP contribution >= 0.6 is 11.8 Å². The molecule has 2 aromatic rings. The molecule has 110 valence electrons. The van der Waals surface area contributed by atoms with Gasteiger partial charge in [-0.05, 0) is 17.7 Å². The number of rotatable bonds is 7. The minimum Gasteiger partial charge on any atom is -0.461 e. The van der Waals surface area contributed by atoms with Crippen molar-refractivity contribution >= 4 is 17.7 Å². The molecule has 2 N–H and O–H groups in total. The maximum Gasteiger partial charge on any atom is 0.307 e. The van der Waals surface area contributed by atoms with Gasteiger partial charge in [-0.25, -0.2) is 0 Å². The van der Waals surface area contributed by atoms with E-state index in [0.717, 1.165) is 10.5 Å². The third-order valence-electron chi connectivity index (χ3n) is 2.88. The van der Waals surface area contributed by atoms with Crippen molar-refractivity contribution in [2.24, 2.45) is 5.73 Å². The number of hydrogen-bond donors (Lipinski definition) is 1. The fourth-order valence-electron chi connectivity index (χ4n) is 1.79. The zero-order chi connectivity index (χ0) is 14.9. The molecule has 4 heteroatoms. The number of benzene rings is 2. The number of hydrogen-bond acceptors (Lipinski definition) is 4. The zero-order valence-corrected chi connectivity index (χ0v) is 12.6.